The molecule has 1 atom stereocenters. The number of carbonyl (C=O) groups is 2. The van der Waals surface area contributed by atoms with Crippen LogP contribution in [0.25, 0.3) is 0 Å². The zero-order chi connectivity index (χ0) is 17.4. The van der Waals surface area contributed by atoms with Crippen LogP contribution in [0, 0.1) is 0 Å². The molecule has 0 aliphatic carbocycles. The van der Waals surface area contributed by atoms with Gasteiger partial charge in [-0.25, -0.2) is 0 Å². The summed E-state index contributed by atoms with van der Waals surface area (Å²) in [4.78, 5) is 23.4. The van der Waals surface area contributed by atoms with Crippen LogP contribution in [-0.2, 0) is 19.1 Å². The van der Waals surface area contributed by atoms with Gasteiger partial charge in [0.15, 0.2) is 11.5 Å². The molecule has 0 aliphatic rings. The average Bonchev–Trinajstić information content (AvgIpc) is 2.59. The fourth-order valence-electron chi connectivity index (χ4n) is 2.23. The van der Waals surface area contributed by atoms with E-state index in [2.05, 4.69) is 4.74 Å². The summed E-state index contributed by atoms with van der Waals surface area (Å²) >= 11 is 0. The van der Waals surface area contributed by atoms with Gasteiger partial charge in [0.25, 0.3) is 0 Å². The largest absolute Gasteiger partial charge is 0.493 e. The van der Waals surface area contributed by atoms with Crippen molar-refractivity contribution in [3.8, 4) is 17.2 Å². The summed E-state index contributed by atoms with van der Waals surface area (Å²) in [5.41, 5.74) is 0.607. The molecule has 0 saturated carbocycles. The fraction of sp³-hybridized carbons (Fsp3) is 0.500. The Bertz CT molecular complexity index is 528. The minimum atomic E-state index is -0.646. The highest BCUT2D eigenvalue weighted by Gasteiger charge is 2.26. The molecule has 0 radical (unpaired) electrons. The Hall–Kier alpha value is -2.44. The predicted octanol–water partition coefficient (Wildman–Crippen LogP) is 1.92. The molecule has 0 bridgehead atoms. The number of ether oxygens (including phenoxy) is 5. The number of benzene rings is 1. The average molecular weight is 326 g/mol. The summed E-state index contributed by atoms with van der Waals surface area (Å²) in [6.45, 7) is 0. The lowest BCUT2D eigenvalue weighted by molar-refractivity contribution is -0.143. The molecule has 7 nitrogen and oxygen atoms in total. The SMILES string of the molecule is COC(=O)CC[C@H](C(=O)OC)c1cc(OC)c(OC)c(OC)c1. The first-order valence-electron chi connectivity index (χ1n) is 6.96. The van der Waals surface area contributed by atoms with Crippen molar-refractivity contribution in [3.63, 3.8) is 0 Å². The molecule has 0 aliphatic heterocycles. The second-order valence-corrected chi connectivity index (χ2v) is 4.65. The van der Waals surface area contributed by atoms with E-state index in [0.717, 1.165) is 0 Å². The van der Waals surface area contributed by atoms with Crippen molar-refractivity contribution in [2.24, 2.45) is 0 Å². The van der Waals surface area contributed by atoms with E-state index in [4.69, 9.17) is 18.9 Å². The Morgan fingerprint density at radius 1 is 0.913 bits per heavy atom. The number of esters is 2. The summed E-state index contributed by atoms with van der Waals surface area (Å²) < 4.78 is 25.3. The molecule has 1 aromatic rings. The van der Waals surface area contributed by atoms with Gasteiger partial charge in [0, 0.05) is 6.42 Å². The van der Waals surface area contributed by atoms with Gasteiger partial charge in [0.1, 0.15) is 0 Å². The van der Waals surface area contributed by atoms with Gasteiger partial charge in [0.2, 0.25) is 5.75 Å². The highest BCUT2D eigenvalue weighted by atomic mass is 16.5. The Labute approximate surface area is 135 Å². The molecule has 128 valence electrons. The molecular formula is C16H22O7. The first-order valence-corrected chi connectivity index (χ1v) is 6.96. The van der Waals surface area contributed by atoms with Gasteiger partial charge >= 0.3 is 11.9 Å². The minimum absolute atomic E-state index is 0.0902. The third-order valence-corrected chi connectivity index (χ3v) is 3.44. The number of carbonyl (C=O) groups excluding carboxylic acids is 2. The van der Waals surface area contributed by atoms with Crippen LogP contribution in [0.15, 0.2) is 12.1 Å². The lowest BCUT2D eigenvalue weighted by Crippen LogP contribution is -2.16. The number of methoxy groups -OCH3 is 5. The molecule has 1 rings (SSSR count). The normalized spacial score (nSPS) is 11.3. The first-order chi connectivity index (χ1) is 11.0. The molecule has 7 heteroatoms. The third kappa shape index (κ3) is 4.51. The summed E-state index contributed by atoms with van der Waals surface area (Å²) in [7, 11) is 7.07. The maximum absolute atomic E-state index is 12.1. The summed E-state index contributed by atoms with van der Waals surface area (Å²) in [5.74, 6) is -0.222. The maximum Gasteiger partial charge on any atom is 0.313 e. The summed E-state index contributed by atoms with van der Waals surface area (Å²) in [6.07, 6.45) is 0.338. The second-order valence-electron chi connectivity index (χ2n) is 4.65. The van der Waals surface area contributed by atoms with Gasteiger partial charge in [-0.15, -0.1) is 0 Å². The minimum Gasteiger partial charge on any atom is -0.493 e. The fourth-order valence-corrected chi connectivity index (χ4v) is 2.23. The Morgan fingerprint density at radius 3 is 1.87 bits per heavy atom. The second kappa shape index (κ2) is 8.87. The Morgan fingerprint density at radius 2 is 1.48 bits per heavy atom. The van der Waals surface area contributed by atoms with Gasteiger partial charge < -0.3 is 23.7 Å². The van der Waals surface area contributed by atoms with Gasteiger partial charge in [-0.2, -0.15) is 0 Å². The standard InChI is InChI=1S/C16H22O7/c1-19-12-8-10(9-13(20-2)15(12)22-4)11(16(18)23-5)6-7-14(17)21-3/h8-9,11H,6-7H2,1-5H3/t11-/m0/s1. The van der Waals surface area contributed by atoms with Gasteiger partial charge in [-0.3, -0.25) is 9.59 Å². The van der Waals surface area contributed by atoms with E-state index in [9.17, 15) is 9.59 Å². The quantitative estimate of drug-likeness (QED) is 0.675. The van der Waals surface area contributed by atoms with E-state index in [-0.39, 0.29) is 12.8 Å². The van der Waals surface area contributed by atoms with Crippen LogP contribution in [0.3, 0.4) is 0 Å². The maximum atomic E-state index is 12.1. The highest BCUT2D eigenvalue weighted by molar-refractivity contribution is 5.80. The summed E-state index contributed by atoms with van der Waals surface area (Å²) in [5, 5.41) is 0. The number of hydrogen-bond donors (Lipinski definition) is 0. The molecule has 0 unspecified atom stereocenters. The first kappa shape index (κ1) is 18.6. The van der Waals surface area contributed by atoms with Gasteiger partial charge in [-0.05, 0) is 24.1 Å². The summed E-state index contributed by atoms with van der Waals surface area (Å²) in [6, 6.07) is 3.33. The molecule has 0 saturated heterocycles. The van der Waals surface area contributed by atoms with Crippen LogP contribution in [-0.4, -0.2) is 47.5 Å². The van der Waals surface area contributed by atoms with Crippen LogP contribution in [0.5, 0.6) is 17.2 Å². The van der Waals surface area contributed by atoms with Crippen LogP contribution >= 0.6 is 0 Å². The molecule has 23 heavy (non-hydrogen) atoms. The Balaban J connectivity index is 3.24. The monoisotopic (exact) mass is 326 g/mol. The number of rotatable bonds is 8. The molecular weight excluding hydrogens is 304 g/mol. The van der Waals surface area contributed by atoms with Crippen molar-refractivity contribution in [2.75, 3.05) is 35.5 Å². The molecule has 1 aromatic carbocycles. The molecule has 0 N–H and O–H groups in total. The van der Waals surface area contributed by atoms with Crippen LogP contribution in [0.1, 0.15) is 24.3 Å². The smallest absolute Gasteiger partial charge is 0.313 e. The zero-order valence-corrected chi connectivity index (χ0v) is 14.0. The van der Waals surface area contributed by atoms with Crippen LogP contribution < -0.4 is 14.2 Å². The van der Waals surface area contributed by atoms with Crippen LogP contribution in [0.4, 0.5) is 0 Å². The number of hydrogen-bond acceptors (Lipinski definition) is 7. The Kier molecular flexibility index (Phi) is 7.18. The molecule has 0 amide bonds. The molecule has 0 aromatic heterocycles. The van der Waals surface area contributed by atoms with Crippen molar-refractivity contribution in [1.82, 2.24) is 0 Å². The van der Waals surface area contributed by atoms with E-state index in [1.54, 1.807) is 12.1 Å². The lowest BCUT2D eigenvalue weighted by atomic mass is 9.93. The predicted molar refractivity (Wildman–Crippen MR) is 82.1 cm³/mol. The highest BCUT2D eigenvalue weighted by Crippen LogP contribution is 2.41. The van der Waals surface area contributed by atoms with Crippen molar-refractivity contribution >= 4 is 11.9 Å². The van der Waals surface area contributed by atoms with Crippen molar-refractivity contribution in [3.05, 3.63) is 17.7 Å². The van der Waals surface area contributed by atoms with Crippen LogP contribution in [0.2, 0.25) is 0 Å². The van der Waals surface area contributed by atoms with E-state index in [0.29, 0.717) is 22.8 Å². The van der Waals surface area contributed by atoms with E-state index in [1.165, 1.54) is 35.5 Å². The lowest BCUT2D eigenvalue weighted by Gasteiger charge is -2.18. The van der Waals surface area contributed by atoms with Gasteiger partial charge in [0.05, 0.1) is 41.5 Å². The topological polar surface area (TPSA) is 80.3 Å². The van der Waals surface area contributed by atoms with E-state index in [1.807, 2.05) is 0 Å². The van der Waals surface area contributed by atoms with Crippen molar-refractivity contribution in [2.45, 2.75) is 18.8 Å². The van der Waals surface area contributed by atoms with Crippen molar-refractivity contribution in [1.29, 1.82) is 0 Å². The third-order valence-electron chi connectivity index (χ3n) is 3.44. The van der Waals surface area contributed by atoms with Crippen molar-refractivity contribution < 1.29 is 33.3 Å². The molecule has 0 fully saturated rings. The van der Waals surface area contributed by atoms with Gasteiger partial charge in [-0.1, -0.05) is 0 Å². The molecule has 0 spiro atoms. The van der Waals surface area contributed by atoms with E-state index < -0.39 is 17.9 Å². The zero-order valence-electron chi connectivity index (χ0n) is 14.0. The van der Waals surface area contributed by atoms with E-state index >= 15 is 0 Å². The molecule has 0 heterocycles.